The Balaban J connectivity index is 2.03. The molecule has 0 amide bonds. The van der Waals surface area contributed by atoms with Gasteiger partial charge >= 0.3 is 5.97 Å². The van der Waals surface area contributed by atoms with E-state index in [0.717, 1.165) is 25.9 Å². The van der Waals surface area contributed by atoms with Crippen LogP contribution in [0.2, 0.25) is 0 Å². The van der Waals surface area contributed by atoms with Gasteiger partial charge in [0.25, 0.3) is 0 Å². The van der Waals surface area contributed by atoms with Crippen LogP contribution in [0.1, 0.15) is 25.0 Å². The predicted molar refractivity (Wildman–Crippen MR) is 76.1 cm³/mol. The van der Waals surface area contributed by atoms with Crippen molar-refractivity contribution in [3.8, 4) is 0 Å². The van der Waals surface area contributed by atoms with Crippen LogP contribution in [0.25, 0.3) is 0 Å². The summed E-state index contributed by atoms with van der Waals surface area (Å²) in [6.45, 7) is 6.10. The molecule has 2 rings (SSSR count). The number of benzene rings is 1. The molecule has 0 bridgehead atoms. The van der Waals surface area contributed by atoms with Gasteiger partial charge in [0.2, 0.25) is 0 Å². The van der Waals surface area contributed by atoms with Gasteiger partial charge < -0.3 is 4.74 Å². The Bertz CT molecular complexity index is 417. The number of esters is 1. The SMILES string of the molecule is COC(=O)C(C)C(C)N1CCc2ccccc2CC1. The lowest BCUT2D eigenvalue weighted by atomic mass is 10.0. The smallest absolute Gasteiger partial charge is 0.309 e. The standard InChI is InChI=1S/C16H23NO2/c1-12(16(18)19-3)13(2)17-10-8-14-6-4-5-7-15(14)9-11-17/h4-7,12-13H,8-11H2,1-3H3. The minimum absolute atomic E-state index is 0.0776. The van der Waals surface area contributed by atoms with Gasteiger partial charge in [0, 0.05) is 19.1 Å². The minimum atomic E-state index is -0.116. The Labute approximate surface area is 115 Å². The second-order valence-electron chi connectivity index (χ2n) is 5.36. The summed E-state index contributed by atoms with van der Waals surface area (Å²) in [7, 11) is 1.46. The lowest BCUT2D eigenvalue weighted by Gasteiger charge is -2.30. The van der Waals surface area contributed by atoms with Gasteiger partial charge in [0.05, 0.1) is 13.0 Å². The summed E-state index contributed by atoms with van der Waals surface area (Å²) in [4.78, 5) is 14.1. The van der Waals surface area contributed by atoms with Gasteiger partial charge in [-0.2, -0.15) is 0 Å². The van der Waals surface area contributed by atoms with E-state index in [-0.39, 0.29) is 17.9 Å². The summed E-state index contributed by atoms with van der Waals surface area (Å²) < 4.78 is 4.85. The third kappa shape index (κ3) is 3.16. The fourth-order valence-electron chi connectivity index (χ4n) is 2.79. The fourth-order valence-corrected chi connectivity index (χ4v) is 2.79. The van der Waals surface area contributed by atoms with Gasteiger partial charge in [0.1, 0.15) is 0 Å². The van der Waals surface area contributed by atoms with Crippen molar-refractivity contribution >= 4 is 5.97 Å². The molecule has 3 heteroatoms. The number of nitrogens with zero attached hydrogens (tertiary/aromatic N) is 1. The Hall–Kier alpha value is -1.35. The first-order valence-corrected chi connectivity index (χ1v) is 7.02. The number of hydrogen-bond donors (Lipinski definition) is 0. The summed E-state index contributed by atoms with van der Waals surface area (Å²) in [5.41, 5.74) is 2.89. The highest BCUT2D eigenvalue weighted by molar-refractivity contribution is 5.72. The first kappa shape index (κ1) is 14.1. The van der Waals surface area contributed by atoms with Crippen molar-refractivity contribution in [2.24, 2.45) is 5.92 Å². The second-order valence-corrected chi connectivity index (χ2v) is 5.36. The zero-order valence-corrected chi connectivity index (χ0v) is 12.1. The van der Waals surface area contributed by atoms with Crippen molar-refractivity contribution in [3.05, 3.63) is 35.4 Å². The van der Waals surface area contributed by atoms with Gasteiger partial charge in [-0.05, 0) is 30.9 Å². The molecule has 1 heterocycles. The van der Waals surface area contributed by atoms with E-state index in [1.165, 1.54) is 18.2 Å². The monoisotopic (exact) mass is 261 g/mol. The highest BCUT2D eigenvalue weighted by atomic mass is 16.5. The number of ether oxygens (including phenoxy) is 1. The van der Waals surface area contributed by atoms with Gasteiger partial charge in [-0.3, -0.25) is 9.69 Å². The van der Waals surface area contributed by atoms with Crippen LogP contribution in [0.4, 0.5) is 0 Å². The highest BCUT2D eigenvalue weighted by Crippen LogP contribution is 2.20. The third-order valence-electron chi connectivity index (χ3n) is 4.33. The maximum absolute atomic E-state index is 11.7. The van der Waals surface area contributed by atoms with Crippen LogP contribution >= 0.6 is 0 Å². The van der Waals surface area contributed by atoms with Crippen molar-refractivity contribution in [3.63, 3.8) is 0 Å². The Morgan fingerprint density at radius 1 is 1.16 bits per heavy atom. The normalized spacial score (nSPS) is 19.1. The predicted octanol–water partition coefficient (Wildman–Crippen LogP) is 2.28. The number of hydrogen-bond acceptors (Lipinski definition) is 3. The maximum Gasteiger partial charge on any atom is 0.309 e. The van der Waals surface area contributed by atoms with Crippen molar-refractivity contribution < 1.29 is 9.53 Å². The Morgan fingerprint density at radius 3 is 2.16 bits per heavy atom. The van der Waals surface area contributed by atoms with Gasteiger partial charge in [0.15, 0.2) is 0 Å². The average Bonchev–Trinajstić information content (AvgIpc) is 2.67. The second kappa shape index (κ2) is 6.20. The molecule has 104 valence electrons. The average molecular weight is 261 g/mol. The number of carbonyl (C=O) groups excluding carboxylic acids is 1. The van der Waals surface area contributed by atoms with Gasteiger partial charge in [-0.1, -0.05) is 31.2 Å². The number of rotatable bonds is 3. The zero-order valence-electron chi connectivity index (χ0n) is 12.1. The van der Waals surface area contributed by atoms with E-state index < -0.39 is 0 Å². The summed E-state index contributed by atoms with van der Waals surface area (Å²) >= 11 is 0. The molecule has 0 aromatic heterocycles. The molecule has 1 aliphatic heterocycles. The molecule has 0 N–H and O–H groups in total. The topological polar surface area (TPSA) is 29.5 Å². The van der Waals surface area contributed by atoms with Crippen molar-refractivity contribution in [2.45, 2.75) is 32.7 Å². The van der Waals surface area contributed by atoms with E-state index >= 15 is 0 Å². The lowest BCUT2D eigenvalue weighted by molar-refractivity contribution is -0.147. The van der Waals surface area contributed by atoms with Gasteiger partial charge in [-0.25, -0.2) is 0 Å². The molecule has 19 heavy (non-hydrogen) atoms. The van der Waals surface area contributed by atoms with E-state index in [4.69, 9.17) is 4.74 Å². The molecule has 3 nitrogen and oxygen atoms in total. The molecule has 2 atom stereocenters. The Kier molecular flexibility index (Phi) is 4.59. The van der Waals surface area contributed by atoms with E-state index in [1.54, 1.807) is 0 Å². The first-order chi connectivity index (χ1) is 9.13. The highest BCUT2D eigenvalue weighted by Gasteiger charge is 2.27. The molecule has 1 aromatic carbocycles. The molecule has 1 aromatic rings. The zero-order chi connectivity index (χ0) is 13.8. The largest absolute Gasteiger partial charge is 0.469 e. The number of fused-ring (bicyclic) bond motifs is 1. The minimum Gasteiger partial charge on any atom is -0.469 e. The van der Waals surface area contributed by atoms with Crippen molar-refractivity contribution in [1.82, 2.24) is 4.90 Å². The summed E-state index contributed by atoms with van der Waals surface area (Å²) in [6, 6.07) is 8.87. The van der Waals surface area contributed by atoms with Crippen molar-refractivity contribution in [2.75, 3.05) is 20.2 Å². The van der Waals surface area contributed by atoms with E-state index in [1.807, 2.05) is 6.92 Å². The van der Waals surface area contributed by atoms with Gasteiger partial charge in [-0.15, -0.1) is 0 Å². The van der Waals surface area contributed by atoms with Crippen LogP contribution in [0.3, 0.4) is 0 Å². The van der Waals surface area contributed by atoms with Crippen LogP contribution in [0, 0.1) is 5.92 Å². The van der Waals surface area contributed by atoms with Crippen LogP contribution < -0.4 is 0 Å². The molecular formula is C16H23NO2. The van der Waals surface area contributed by atoms with Crippen LogP contribution in [-0.2, 0) is 22.4 Å². The first-order valence-electron chi connectivity index (χ1n) is 7.02. The molecule has 2 unspecified atom stereocenters. The molecule has 0 saturated carbocycles. The molecule has 1 aliphatic rings. The van der Waals surface area contributed by atoms with Crippen LogP contribution in [0.5, 0.6) is 0 Å². The van der Waals surface area contributed by atoms with Crippen LogP contribution in [-0.4, -0.2) is 37.1 Å². The molecule has 0 aliphatic carbocycles. The molecule has 0 radical (unpaired) electrons. The van der Waals surface area contributed by atoms with Crippen molar-refractivity contribution in [1.29, 1.82) is 0 Å². The third-order valence-corrected chi connectivity index (χ3v) is 4.33. The lowest BCUT2D eigenvalue weighted by Crippen LogP contribution is -2.42. The summed E-state index contributed by atoms with van der Waals surface area (Å²) in [5.74, 6) is -0.194. The maximum atomic E-state index is 11.7. The number of carbonyl (C=O) groups is 1. The fraction of sp³-hybridized carbons (Fsp3) is 0.562. The molecule has 0 spiro atoms. The van der Waals surface area contributed by atoms with E-state index in [0.29, 0.717) is 0 Å². The summed E-state index contributed by atoms with van der Waals surface area (Å²) in [5, 5.41) is 0. The van der Waals surface area contributed by atoms with Crippen LogP contribution in [0.15, 0.2) is 24.3 Å². The quantitative estimate of drug-likeness (QED) is 0.782. The Morgan fingerprint density at radius 2 is 1.68 bits per heavy atom. The molecule has 0 saturated heterocycles. The molecular weight excluding hydrogens is 238 g/mol. The summed E-state index contributed by atoms with van der Waals surface area (Å²) in [6.07, 6.45) is 2.13. The molecule has 0 fully saturated rings. The number of methoxy groups -OCH3 is 1. The van der Waals surface area contributed by atoms with E-state index in [9.17, 15) is 4.79 Å². The van der Waals surface area contributed by atoms with E-state index in [2.05, 4.69) is 36.1 Å².